The number of hydrogen-bond donors (Lipinski definition) is 1. The van der Waals surface area contributed by atoms with E-state index in [-0.39, 0.29) is 17.9 Å². The largest absolute Gasteiger partial charge is 0.341 e. The maximum absolute atomic E-state index is 13.2. The lowest BCUT2D eigenvalue weighted by Gasteiger charge is -2.41. The van der Waals surface area contributed by atoms with Crippen molar-refractivity contribution in [2.24, 2.45) is 5.41 Å². The van der Waals surface area contributed by atoms with Crippen molar-refractivity contribution in [2.75, 3.05) is 19.6 Å². The summed E-state index contributed by atoms with van der Waals surface area (Å²) in [6.07, 6.45) is 2.62. The molecule has 2 amide bonds. The van der Waals surface area contributed by atoms with Gasteiger partial charge in [0.15, 0.2) is 0 Å². The zero-order valence-electron chi connectivity index (χ0n) is 16.9. The Morgan fingerprint density at radius 1 is 1.18 bits per heavy atom. The molecule has 0 aliphatic carbocycles. The molecule has 1 aromatic heterocycles. The number of amides is 2. The van der Waals surface area contributed by atoms with Crippen LogP contribution in [-0.4, -0.2) is 57.3 Å². The molecular weight excluding hydrogens is 352 g/mol. The van der Waals surface area contributed by atoms with Gasteiger partial charge in [0.05, 0.1) is 5.41 Å². The van der Waals surface area contributed by atoms with Crippen LogP contribution in [0.2, 0.25) is 0 Å². The minimum atomic E-state index is -0.412. The Labute approximate surface area is 165 Å². The highest BCUT2D eigenvalue weighted by Crippen LogP contribution is 2.41. The van der Waals surface area contributed by atoms with Gasteiger partial charge in [0.1, 0.15) is 11.5 Å². The molecule has 0 radical (unpaired) electrons. The van der Waals surface area contributed by atoms with Gasteiger partial charge in [-0.25, -0.2) is 4.98 Å². The Balaban J connectivity index is 1.54. The quantitative estimate of drug-likeness (QED) is 0.889. The van der Waals surface area contributed by atoms with Crippen molar-refractivity contribution in [2.45, 2.75) is 46.1 Å². The highest BCUT2D eigenvalue weighted by molar-refractivity contribution is 5.95. The molecule has 3 heterocycles. The number of likely N-dealkylation sites (tertiary alicyclic amines) is 2. The predicted molar refractivity (Wildman–Crippen MR) is 108 cm³/mol. The number of benzene rings is 1. The second-order valence-electron chi connectivity index (χ2n) is 8.38. The summed E-state index contributed by atoms with van der Waals surface area (Å²) < 4.78 is 0. The number of carbonyl (C=O) groups is 2. The number of rotatable bonds is 3. The first-order valence-corrected chi connectivity index (χ1v) is 10.1. The van der Waals surface area contributed by atoms with Gasteiger partial charge in [-0.05, 0) is 40.0 Å². The van der Waals surface area contributed by atoms with E-state index < -0.39 is 5.41 Å². The molecule has 6 nitrogen and oxygen atoms in total. The fraction of sp³-hybridized carbons (Fsp3) is 0.500. The van der Waals surface area contributed by atoms with Gasteiger partial charge in [-0.15, -0.1) is 0 Å². The summed E-state index contributed by atoms with van der Waals surface area (Å²) in [6, 6.07) is 10.0. The first-order chi connectivity index (χ1) is 13.4. The zero-order valence-corrected chi connectivity index (χ0v) is 16.9. The summed E-state index contributed by atoms with van der Waals surface area (Å²) in [7, 11) is 0. The van der Waals surface area contributed by atoms with Crippen molar-refractivity contribution in [3.8, 4) is 11.4 Å². The molecule has 4 rings (SSSR count). The summed E-state index contributed by atoms with van der Waals surface area (Å²) in [6.45, 7) is 7.94. The molecule has 1 N–H and O–H groups in total. The molecule has 0 bridgehead atoms. The van der Waals surface area contributed by atoms with Crippen LogP contribution < -0.4 is 0 Å². The number of piperidine rings is 1. The third-order valence-corrected chi connectivity index (χ3v) is 6.17. The number of aryl methyl sites for hydroxylation is 1. The molecule has 1 aromatic carbocycles. The van der Waals surface area contributed by atoms with Gasteiger partial charge in [0.2, 0.25) is 5.91 Å². The Morgan fingerprint density at radius 3 is 2.64 bits per heavy atom. The van der Waals surface area contributed by atoms with E-state index in [1.165, 1.54) is 0 Å². The molecule has 2 aliphatic heterocycles. The Kier molecular flexibility index (Phi) is 4.73. The van der Waals surface area contributed by atoms with Crippen LogP contribution in [0.15, 0.2) is 30.3 Å². The van der Waals surface area contributed by atoms with Crippen molar-refractivity contribution in [1.82, 2.24) is 19.8 Å². The van der Waals surface area contributed by atoms with Crippen molar-refractivity contribution in [3.05, 3.63) is 41.7 Å². The maximum atomic E-state index is 13.2. The number of aromatic amines is 1. The molecule has 1 spiro atoms. The lowest BCUT2D eigenvalue weighted by Crippen LogP contribution is -2.52. The van der Waals surface area contributed by atoms with Crippen molar-refractivity contribution in [1.29, 1.82) is 0 Å². The van der Waals surface area contributed by atoms with Crippen molar-refractivity contribution in [3.63, 3.8) is 0 Å². The van der Waals surface area contributed by atoms with E-state index in [2.05, 4.69) is 23.8 Å². The smallest absolute Gasteiger partial charge is 0.274 e. The molecule has 0 saturated carbocycles. The van der Waals surface area contributed by atoms with E-state index in [0.29, 0.717) is 24.6 Å². The highest BCUT2D eigenvalue weighted by Gasteiger charge is 2.50. The Hall–Kier alpha value is -2.63. The fourth-order valence-corrected chi connectivity index (χ4v) is 4.57. The van der Waals surface area contributed by atoms with Gasteiger partial charge in [-0.1, -0.05) is 30.3 Å². The highest BCUT2D eigenvalue weighted by atomic mass is 16.2. The third-order valence-electron chi connectivity index (χ3n) is 6.17. The van der Waals surface area contributed by atoms with Gasteiger partial charge in [-0.3, -0.25) is 9.59 Å². The normalized spacial score (nSPS) is 22.5. The Bertz CT molecular complexity index is 889. The second-order valence-corrected chi connectivity index (χ2v) is 8.38. The predicted octanol–water partition coefficient (Wildman–Crippen LogP) is 3.25. The Morgan fingerprint density at radius 2 is 1.93 bits per heavy atom. The van der Waals surface area contributed by atoms with Gasteiger partial charge < -0.3 is 14.8 Å². The lowest BCUT2D eigenvalue weighted by molar-refractivity contribution is -0.147. The molecular formula is C22H28N4O2. The van der Waals surface area contributed by atoms with E-state index >= 15 is 0 Å². The van der Waals surface area contributed by atoms with Crippen molar-refractivity contribution < 1.29 is 9.59 Å². The first-order valence-electron chi connectivity index (χ1n) is 10.1. The average Bonchev–Trinajstić information content (AvgIpc) is 3.29. The summed E-state index contributed by atoms with van der Waals surface area (Å²) in [5, 5.41) is 0. The van der Waals surface area contributed by atoms with Crippen LogP contribution in [0, 0.1) is 12.3 Å². The van der Waals surface area contributed by atoms with Crippen LogP contribution in [0.3, 0.4) is 0 Å². The summed E-state index contributed by atoms with van der Waals surface area (Å²) >= 11 is 0. The first kappa shape index (κ1) is 18.7. The van der Waals surface area contributed by atoms with E-state index in [4.69, 9.17) is 0 Å². The van der Waals surface area contributed by atoms with Crippen LogP contribution >= 0.6 is 0 Å². The van der Waals surface area contributed by atoms with Gasteiger partial charge in [0.25, 0.3) is 5.91 Å². The zero-order chi connectivity index (χ0) is 19.9. The summed E-state index contributed by atoms with van der Waals surface area (Å²) in [4.78, 5) is 37.9. The van der Waals surface area contributed by atoms with E-state index in [9.17, 15) is 9.59 Å². The van der Waals surface area contributed by atoms with Crippen LogP contribution in [0.25, 0.3) is 11.4 Å². The summed E-state index contributed by atoms with van der Waals surface area (Å²) in [5.74, 6) is 0.838. The molecule has 28 heavy (non-hydrogen) atoms. The van der Waals surface area contributed by atoms with Crippen LogP contribution in [0.1, 0.15) is 49.3 Å². The minimum Gasteiger partial charge on any atom is -0.341 e. The number of H-pyrrole nitrogens is 1. The fourth-order valence-electron chi connectivity index (χ4n) is 4.57. The lowest BCUT2D eigenvalue weighted by atomic mass is 9.78. The maximum Gasteiger partial charge on any atom is 0.274 e. The average molecular weight is 380 g/mol. The topological polar surface area (TPSA) is 69.3 Å². The van der Waals surface area contributed by atoms with Crippen LogP contribution in [0.4, 0.5) is 0 Å². The standard InChI is InChI=1S/C22H28N4O2/c1-15(2)26-12-7-10-22(21(26)28)11-13-25(14-22)20(27)18-16(3)23-19(24-18)17-8-5-4-6-9-17/h4-6,8-9,15H,7,10-14H2,1-3H3,(H,23,24)/t22-/m1/s1. The van der Waals surface area contributed by atoms with E-state index in [1.54, 1.807) is 0 Å². The minimum absolute atomic E-state index is 0.0812. The molecule has 2 aliphatic rings. The van der Waals surface area contributed by atoms with Crippen LogP contribution in [-0.2, 0) is 4.79 Å². The van der Waals surface area contributed by atoms with Gasteiger partial charge >= 0.3 is 0 Å². The molecule has 0 unspecified atom stereocenters. The molecule has 6 heteroatoms. The molecule has 148 valence electrons. The molecule has 2 aromatic rings. The molecule has 1 atom stereocenters. The number of hydrogen-bond acceptors (Lipinski definition) is 3. The van der Waals surface area contributed by atoms with E-state index in [0.717, 1.165) is 37.1 Å². The number of imidazole rings is 1. The third kappa shape index (κ3) is 3.11. The monoisotopic (exact) mass is 380 g/mol. The molecule has 2 fully saturated rings. The number of nitrogens with one attached hydrogen (secondary N) is 1. The second kappa shape index (κ2) is 7.08. The van der Waals surface area contributed by atoms with E-state index in [1.807, 2.05) is 47.1 Å². The number of aromatic nitrogens is 2. The van der Waals surface area contributed by atoms with Crippen LogP contribution in [0.5, 0.6) is 0 Å². The van der Waals surface area contributed by atoms with Gasteiger partial charge in [-0.2, -0.15) is 0 Å². The molecule has 2 saturated heterocycles. The van der Waals surface area contributed by atoms with Gasteiger partial charge in [0, 0.05) is 36.9 Å². The summed E-state index contributed by atoms with van der Waals surface area (Å²) in [5.41, 5.74) is 1.77. The van der Waals surface area contributed by atoms with Crippen molar-refractivity contribution >= 4 is 11.8 Å². The SMILES string of the molecule is Cc1[nH]c(-c2ccccc2)nc1C(=O)N1CC[C@]2(CCCN(C(C)C)C2=O)C1. The number of carbonyl (C=O) groups excluding carboxylic acids is 2. The number of nitrogens with zero attached hydrogens (tertiary/aromatic N) is 3.